The molecule has 108 valence electrons. The second-order valence-corrected chi connectivity index (χ2v) is 5.69. The van der Waals surface area contributed by atoms with Crippen LogP contribution in [0.15, 0.2) is 0 Å². The Labute approximate surface area is 117 Å². The number of fused-ring (bicyclic) bond motifs is 1. The Balaban J connectivity index is 1.94. The number of anilines is 1. The van der Waals surface area contributed by atoms with Crippen LogP contribution in [0.2, 0.25) is 0 Å². The molecule has 3 rings (SSSR count). The Morgan fingerprint density at radius 2 is 2.00 bits per heavy atom. The van der Waals surface area contributed by atoms with Crippen LogP contribution in [0.3, 0.4) is 0 Å². The summed E-state index contributed by atoms with van der Waals surface area (Å²) >= 11 is 0. The molecule has 6 heteroatoms. The molecule has 0 spiro atoms. The summed E-state index contributed by atoms with van der Waals surface area (Å²) in [6, 6.07) is 0. The fraction of sp³-hybridized carbons (Fsp3) is 0.643. The van der Waals surface area contributed by atoms with Gasteiger partial charge in [-0.2, -0.15) is 0 Å². The van der Waals surface area contributed by atoms with E-state index < -0.39 is 0 Å². The molecule has 0 aliphatic heterocycles. The van der Waals surface area contributed by atoms with Crippen molar-refractivity contribution >= 4 is 17.0 Å². The van der Waals surface area contributed by atoms with Gasteiger partial charge in [0, 0.05) is 5.92 Å². The number of nitrogens with two attached hydrogens (primary N) is 1. The molecule has 1 aliphatic carbocycles. The Morgan fingerprint density at radius 3 is 2.70 bits per heavy atom. The fourth-order valence-electron chi connectivity index (χ4n) is 3.11. The first kappa shape index (κ1) is 13.3. The van der Waals surface area contributed by atoms with E-state index in [1.165, 1.54) is 32.1 Å². The molecule has 4 N–H and O–H groups in total. The van der Waals surface area contributed by atoms with E-state index in [2.05, 4.69) is 26.9 Å². The summed E-state index contributed by atoms with van der Waals surface area (Å²) in [6.45, 7) is 2.03. The van der Waals surface area contributed by atoms with Crippen LogP contribution in [-0.2, 0) is 6.61 Å². The zero-order chi connectivity index (χ0) is 14.1. The third-order valence-electron chi connectivity index (χ3n) is 4.36. The molecule has 0 bridgehead atoms. The van der Waals surface area contributed by atoms with E-state index in [0.717, 1.165) is 5.82 Å². The van der Waals surface area contributed by atoms with Crippen molar-refractivity contribution < 1.29 is 5.11 Å². The molecule has 0 aromatic carbocycles. The lowest BCUT2D eigenvalue weighted by atomic mass is 9.80. The molecular weight excluding hydrogens is 254 g/mol. The summed E-state index contributed by atoms with van der Waals surface area (Å²) in [5, 5.41) is 9.13. The lowest BCUT2D eigenvalue weighted by Gasteiger charge is -2.26. The van der Waals surface area contributed by atoms with Crippen LogP contribution >= 0.6 is 0 Å². The number of hydrogen-bond donors (Lipinski definition) is 3. The normalized spacial score (nSPS) is 18.5. The summed E-state index contributed by atoms with van der Waals surface area (Å²) in [5.74, 6) is 2.61. The number of aliphatic hydroxyl groups excluding tert-OH is 1. The number of nitrogens with zero attached hydrogens (tertiary/aromatic N) is 3. The number of nitrogen functional groups attached to an aromatic ring is 1. The smallest absolute Gasteiger partial charge is 0.183 e. The van der Waals surface area contributed by atoms with Crippen molar-refractivity contribution in [2.75, 3.05) is 5.73 Å². The summed E-state index contributed by atoms with van der Waals surface area (Å²) in [4.78, 5) is 16.2. The Morgan fingerprint density at radius 1 is 1.25 bits per heavy atom. The van der Waals surface area contributed by atoms with Gasteiger partial charge in [-0.1, -0.05) is 26.2 Å². The number of rotatable bonds is 3. The van der Waals surface area contributed by atoms with Crippen LogP contribution in [0, 0.1) is 5.92 Å². The van der Waals surface area contributed by atoms with Crippen molar-refractivity contribution in [1.82, 2.24) is 19.9 Å². The van der Waals surface area contributed by atoms with Gasteiger partial charge < -0.3 is 15.8 Å². The van der Waals surface area contributed by atoms with Crippen molar-refractivity contribution in [2.24, 2.45) is 5.92 Å². The molecule has 1 unspecified atom stereocenters. The first-order valence-electron chi connectivity index (χ1n) is 7.32. The summed E-state index contributed by atoms with van der Waals surface area (Å²) in [5.41, 5.74) is 7.16. The maximum absolute atomic E-state index is 9.13. The quantitative estimate of drug-likeness (QED) is 0.796. The lowest BCUT2D eigenvalue weighted by Crippen LogP contribution is -2.16. The van der Waals surface area contributed by atoms with E-state index in [1.54, 1.807) is 0 Å². The van der Waals surface area contributed by atoms with Gasteiger partial charge in [0.15, 0.2) is 11.5 Å². The van der Waals surface area contributed by atoms with E-state index in [0.29, 0.717) is 34.6 Å². The molecule has 6 nitrogen and oxygen atoms in total. The minimum absolute atomic E-state index is 0.149. The monoisotopic (exact) mass is 275 g/mol. The molecule has 2 aromatic rings. The van der Waals surface area contributed by atoms with Crippen molar-refractivity contribution in [2.45, 2.75) is 51.6 Å². The summed E-state index contributed by atoms with van der Waals surface area (Å²) in [7, 11) is 0. The first-order valence-corrected chi connectivity index (χ1v) is 7.32. The number of nitrogens with one attached hydrogen (secondary N) is 1. The van der Waals surface area contributed by atoms with Crippen molar-refractivity contribution in [3.8, 4) is 0 Å². The van der Waals surface area contributed by atoms with E-state index in [9.17, 15) is 0 Å². The Hall–Kier alpha value is -1.69. The van der Waals surface area contributed by atoms with Gasteiger partial charge >= 0.3 is 0 Å². The topological polar surface area (TPSA) is 101 Å². The maximum Gasteiger partial charge on any atom is 0.183 e. The molecule has 2 aromatic heterocycles. The third-order valence-corrected chi connectivity index (χ3v) is 4.36. The average Bonchev–Trinajstić information content (AvgIpc) is 2.91. The van der Waals surface area contributed by atoms with Gasteiger partial charge in [0.1, 0.15) is 23.8 Å². The Bertz CT molecular complexity index is 603. The number of hydrogen-bond acceptors (Lipinski definition) is 5. The number of H-pyrrole nitrogens is 1. The van der Waals surface area contributed by atoms with Gasteiger partial charge in [-0.05, 0) is 18.8 Å². The molecule has 0 radical (unpaired) electrons. The molecule has 2 heterocycles. The van der Waals surface area contributed by atoms with Crippen molar-refractivity contribution in [3.63, 3.8) is 0 Å². The molecule has 20 heavy (non-hydrogen) atoms. The van der Waals surface area contributed by atoms with E-state index in [4.69, 9.17) is 10.8 Å². The van der Waals surface area contributed by atoms with Gasteiger partial charge in [0.25, 0.3) is 0 Å². The molecule has 0 saturated heterocycles. The van der Waals surface area contributed by atoms with Crippen LogP contribution in [0.4, 0.5) is 5.82 Å². The molecule has 1 saturated carbocycles. The standard InChI is InChI=1S/C14H21N5O/c1-8(9-5-3-2-4-6-9)13-18-12(15)11-14(19-13)17-10(7-20)16-11/h8-9,20H,2-7H2,1H3,(H3,15,16,17,18,19). The van der Waals surface area contributed by atoms with Crippen LogP contribution in [0.5, 0.6) is 0 Å². The van der Waals surface area contributed by atoms with Crippen LogP contribution < -0.4 is 5.73 Å². The number of aromatic amines is 1. The second-order valence-electron chi connectivity index (χ2n) is 5.69. The number of imidazole rings is 1. The zero-order valence-corrected chi connectivity index (χ0v) is 11.8. The van der Waals surface area contributed by atoms with E-state index >= 15 is 0 Å². The van der Waals surface area contributed by atoms with Gasteiger partial charge in [0.2, 0.25) is 0 Å². The molecule has 1 fully saturated rings. The van der Waals surface area contributed by atoms with Gasteiger partial charge in [-0.15, -0.1) is 0 Å². The highest BCUT2D eigenvalue weighted by atomic mass is 16.3. The van der Waals surface area contributed by atoms with E-state index in [1.807, 2.05) is 0 Å². The van der Waals surface area contributed by atoms with Crippen LogP contribution in [0.25, 0.3) is 11.2 Å². The maximum atomic E-state index is 9.13. The van der Waals surface area contributed by atoms with E-state index in [-0.39, 0.29) is 6.61 Å². The lowest BCUT2D eigenvalue weighted by molar-refractivity contribution is 0.273. The van der Waals surface area contributed by atoms with Gasteiger partial charge in [-0.3, -0.25) is 0 Å². The molecule has 1 aliphatic rings. The fourth-order valence-corrected chi connectivity index (χ4v) is 3.11. The highest BCUT2D eigenvalue weighted by Crippen LogP contribution is 2.35. The zero-order valence-electron chi connectivity index (χ0n) is 11.8. The highest BCUT2D eigenvalue weighted by Gasteiger charge is 2.24. The minimum Gasteiger partial charge on any atom is -0.388 e. The average molecular weight is 275 g/mol. The summed E-state index contributed by atoms with van der Waals surface area (Å²) < 4.78 is 0. The number of aromatic nitrogens is 4. The SMILES string of the molecule is CC(c1nc(N)c2[nH]c(CO)nc2n1)C1CCCCC1. The predicted octanol–water partition coefficient (Wildman–Crippen LogP) is 2.11. The number of aliphatic hydroxyl groups is 1. The highest BCUT2D eigenvalue weighted by molar-refractivity contribution is 5.81. The second kappa shape index (κ2) is 5.36. The van der Waals surface area contributed by atoms with Crippen molar-refractivity contribution in [1.29, 1.82) is 0 Å². The van der Waals surface area contributed by atoms with Gasteiger partial charge in [-0.25, -0.2) is 15.0 Å². The molecule has 0 amide bonds. The Kier molecular flexibility index (Phi) is 3.56. The third kappa shape index (κ3) is 2.35. The van der Waals surface area contributed by atoms with Gasteiger partial charge in [0.05, 0.1) is 0 Å². The van der Waals surface area contributed by atoms with Crippen LogP contribution in [0.1, 0.15) is 56.6 Å². The van der Waals surface area contributed by atoms with Crippen molar-refractivity contribution in [3.05, 3.63) is 11.6 Å². The predicted molar refractivity (Wildman–Crippen MR) is 77.0 cm³/mol. The largest absolute Gasteiger partial charge is 0.388 e. The first-order chi connectivity index (χ1) is 9.69. The molecular formula is C14H21N5O. The summed E-state index contributed by atoms with van der Waals surface area (Å²) in [6.07, 6.45) is 6.41. The minimum atomic E-state index is -0.149. The molecule has 1 atom stereocenters. The van der Waals surface area contributed by atoms with Crippen LogP contribution in [-0.4, -0.2) is 25.0 Å².